The molecule has 5 nitrogen and oxygen atoms in total. The Morgan fingerprint density at radius 2 is 2.24 bits per heavy atom. The maximum atomic E-state index is 5.83. The number of nitrogens with zero attached hydrogens (tertiary/aromatic N) is 3. The molecule has 2 rings (SSSR count). The van der Waals surface area contributed by atoms with Gasteiger partial charge in [-0.2, -0.15) is 0 Å². The molecule has 0 bridgehead atoms. The molecule has 1 aliphatic rings. The lowest BCUT2D eigenvalue weighted by molar-refractivity contribution is 0.183. The van der Waals surface area contributed by atoms with Crippen molar-refractivity contribution in [2.45, 2.75) is 31.7 Å². The zero-order valence-electron chi connectivity index (χ0n) is 10.7. The van der Waals surface area contributed by atoms with Crippen LogP contribution in [0.25, 0.3) is 0 Å². The molecule has 5 heteroatoms. The molecule has 2 N–H and O–H groups in total. The van der Waals surface area contributed by atoms with E-state index >= 15 is 0 Å². The average Bonchev–Trinajstić information content (AvgIpc) is 3.11. The molecule has 1 aromatic heterocycles. The Labute approximate surface area is 102 Å². The van der Waals surface area contributed by atoms with Gasteiger partial charge in [0.15, 0.2) is 0 Å². The second kappa shape index (κ2) is 4.87. The van der Waals surface area contributed by atoms with E-state index < -0.39 is 0 Å². The van der Waals surface area contributed by atoms with Gasteiger partial charge in [0.2, 0.25) is 0 Å². The summed E-state index contributed by atoms with van der Waals surface area (Å²) in [4.78, 5) is 10.9. The van der Waals surface area contributed by atoms with Crippen LogP contribution in [-0.4, -0.2) is 36.8 Å². The number of hydrogen-bond acceptors (Lipinski definition) is 5. The van der Waals surface area contributed by atoms with Gasteiger partial charge in [-0.25, -0.2) is 9.97 Å². The van der Waals surface area contributed by atoms with E-state index in [0.717, 1.165) is 11.6 Å². The molecule has 17 heavy (non-hydrogen) atoms. The number of aromatic nitrogens is 2. The van der Waals surface area contributed by atoms with Crippen molar-refractivity contribution in [1.29, 1.82) is 0 Å². The first-order valence-corrected chi connectivity index (χ1v) is 5.98. The SMILES string of the molecule is COCC(C)N(C)c1cc(N)nc(C2CC2)n1. The van der Waals surface area contributed by atoms with Gasteiger partial charge in [-0.05, 0) is 19.8 Å². The fraction of sp³-hybridized carbons (Fsp3) is 0.667. The van der Waals surface area contributed by atoms with Crippen molar-refractivity contribution < 1.29 is 4.74 Å². The van der Waals surface area contributed by atoms with Gasteiger partial charge in [0, 0.05) is 26.1 Å². The third kappa shape index (κ3) is 2.85. The monoisotopic (exact) mass is 236 g/mol. The predicted octanol–water partition coefficient (Wildman–Crippen LogP) is 1.41. The van der Waals surface area contributed by atoms with Crippen LogP contribution in [0.3, 0.4) is 0 Å². The van der Waals surface area contributed by atoms with Gasteiger partial charge < -0.3 is 15.4 Å². The molecule has 0 aliphatic heterocycles. The molecule has 0 amide bonds. The zero-order valence-corrected chi connectivity index (χ0v) is 10.7. The van der Waals surface area contributed by atoms with E-state index in [0.29, 0.717) is 18.3 Å². The summed E-state index contributed by atoms with van der Waals surface area (Å²) in [6, 6.07) is 2.08. The molecule has 1 aliphatic carbocycles. The summed E-state index contributed by atoms with van der Waals surface area (Å²) in [5.74, 6) is 2.83. The first-order chi connectivity index (χ1) is 8.11. The van der Waals surface area contributed by atoms with Crippen LogP contribution in [0.2, 0.25) is 0 Å². The van der Waals surface area contributed by atoms with Crippen LogP contribution < -0.4 is 10.6 Å². The zero-order chi connectivity index (χ0) is 12.4. The smallest absolute Gasteiger partial charge is 0.136 e. The summed E-state index contributed by atoms with van der Waals surface area (Å²) < 4.78 is 5.15. The highest BCUT2D eigenvalue weighted by molar-refractivity contribution is 5.47. The molecule has 1 atom stereocenters. The minimum atomic E-state index is 0.265. The maximum absolute atomic E-state index is 5.83. The molecule has 1 unspecified atom stereocenters. The lowest BCUT2D eigenvalue weighted by Crippen LogP contribution is -2.33. The first kappa shape index (κ1) is 12.1. The van der Waals surface area contributed by atoms with Crippen molar-refractivity contribution in [3.63, 3.8) is 0 Å². The summed E-state index contributed by atoms with van der Waals surface area (Å²) in [7, 11) is 3.70. The highest BCUT2D eigenvalue weighted by Gasteiger charge is 2.27. The number of ether oxygens (including phenoxy) is 1. The van der Waals surface area contributed by atoms with Gasteiger partial charge in [0.05, 0.1) is 12.6 Å². The fourth-order valence-electron chi connectivity index (χ4n) is 1.76. The third-order valence-electron chi connectivity index (χ3n) is 3.12. The quantitative estimate of drug-likeness (QED) is 0.837. The van der Waals surface area contributed by atoms with Crippen molar-refractivity contribution in [3.8, 4) is 0 Å². The van der Waals surface area contributed by atoms with Gasteiger partial charge in [-0.1, -0.05) is 0 Å². The van der Waals surface area contributed by atoms with Crippen LogP contribution in [0.15, 0.2) is 6.07 Å². The van der Waals surface area contributed by atoms with Crippen molar-refractivity contribution in [2.75, 3.05) is 31.4 Å². The number of likely N-dealkylation sites (N-methyl/N-ethyl adjacent to an activating group) is 1. The van der Waals surface area contributed by atoms with Crippen LogP contribution >= 0.6 is 0 Å². The van der Waals surface area contributed by atoms with Gasteiger partial charge in [0.1, 0.15) is 17.5 Å². The summed E-state index contributed by atoms with van der Waals surface area (Å²) in [5.41, 5.74) is 5.83. The molecule has 1 heterocycles. The Bertz CT molecular complexity index is 392. The molecular weight excluding hydrogens is 216 g/mol. The number of hydrogen-bond donors (Lipinski definition) is 1. The molecule has 0 saturated heterocycles. The summed E-state index contributed by atoms with van der Waals surface area (Å²) >= 11 is 0. The lowest BCUT2D eigenvalue weighted by Gasteiger charge is -2.25. The van der Waals surface area contributed by atoms with E-state index in [-0.39, 0.29) is 6.04 Å². The van der Waals surface area contributed by atoms with Crippen LogP contribution in [0.4, 0.5) is 11.6 Å². The maximum Gasteiger partial charge on any atom is 0.136 e. The normalized spacial score (nSPS) is 16.9. The Morgan fingerprint density at radius 3 is 2.82 bits per heavy atom. The largest absolute Gasteiger partial charge is 0.384 e. The van der Waals surface area contributed by atoms with Crippen molar-refractivity contribution in [2.24, 2.45) is 0 Å². The van der Waals surface area contributed by atoms with Crippen LogP contribution in [-0.2, 0) is 4.74 Å². The molecule has 1 saturated carbocycles. The Balaban J connectivity index is 2.18. The van der Waals surface area contributed by atoms with Crippen molar-refractivity contribution >= 4 is 11.6 Å². The molecule has 0 aromatic carbocycles. The molecule has 1 fully saturated rings. The van der Waals surface area contributed by atoms with E-state index in [4.69, 9.17) is 10.5 Å². The summed E-state index contributed by atoms with van der Waals surface area (Å²) in [6.07, 6.45) is 2.36. The number of methoxy groups -OCH3 is 1. The first-order valence-electron chi connectivity index (χ1n) is 5.98. The van der Waals surface area contributed by atoms with Crippen LogP contribution in [0, 0.1) is 0 Å². The van der Waals surface area contributed by atoms with Gasteiger partial charge >= 0.3 is 0 Å². The highest BCUT2D eigenvalue weighted by atomic mass is 16.5. The molecule has 0 radical (unpaired) electrons. The highest BCUT2D eigenvalue weighted by Crippen LogP contribution is 2.38. The molecule has 94 valence electrons. The van der Waals surface area contributed by atoms with Crippen LogP contribution in [0.5, 0.6) is 0 Å². The van der Waals surface area contributed by atoms with Gasteiger partial charge in [-0.3, -0.25) is 0 Å². The van der Waals surface area contributed by atoms with E-state index in [9.17, 15) is 0 Å². The Morgan fingerprint density at radius 1 is 1.53 bits per heavy atom. The van der Waals surface area contributed by atoms with E-state index in [2.05, 4.69) is 21.8 Å². The second-order valence-corrected chi connectivity index (χ2v) is 4.70. The third-order valence-corrected chi connectivity index (χ3v) is 3.12. The average molecular weight is 236 g/mol. The van der Waals surface area contributed by atoms with E-state index in [1.807, 2.05) is 13.1 Å². The predicted molar refractivity (Wildman–Crippen MR) is 68.2 cm³/mol. The minimum absolute atomic E-state index is 0.265. The molecule has 0 spiro atoms. The molecular formula is C12H20N4O. The standard InChI is InChI=1S/C12H20N4O/c1-8(7-17-3)16(2)11-6-10(13)14-12(15-11)9-4-5-9/h6,8-9H,4-5,7H2,1-3H3,(H2,13,14,15). The fourth-order valence-corrected chi connectivity index (χ4v) is 1.76. The number of nitrogen functional groups attached to an aromatic ring is 1. The van der Waals surface area contributed by atoms with Gasteiger partial charge in [-0.15, -0.1) is 0 Å². The summed E-state index contributed by atoms with van der Waals surface area (Å²) in [6.45, 7) is 2.76. The van der Waals surface area contributed by atoms with E-state index in [1.54, 1.807) is 7.11 Å². The van der Waals surface area contributed by atoms with Crippen molar-refractivity contribution in [1.82, 2.24) is 9.97 Å². The Kier molecular flexibility index (Phi) is 3.47. The summed E-state index contributed by atoms with van der Waals surface area (Å²) in [5, 5.41) is 0. The van der Waals surface area contributed by atoms with E-state index in [1.165, 1.54) is 12.8 Å². The van der Waals surface area contributed by atoms with Crippen molar-refractivity contribution in [3.05, 3.63) is 11.9 Å². The number of rotatable bonds is 5. The second-order valence-electron chi connectivity index (χ2n) is 4.70. The number of anilines is 2. The topological polar surface area (TPSA) is 64.3 Å². The van der Waals surface area contributed by atoms with Crippen LogP contribution in [0.1, 0.15) is 31.5 Å². The number of nitrogens with two attached hydrogens (primary N) is 1. The molecule has 1 aromatic rings. The van der Waals surface area contributed by atoms with Gasteiger partial charge in [0.25, 0.3) is 0 Å². The minimum Gasteiger partial charge on any atom is -0.384 e. The Hall–Kier alpha value is -1.36. The lowest BCUT2D eigenvalue weighted by atomic mass is 10.3.